The lowest BCUT2D eigenvalue weighted by atomic mass is 10.3. The van der Waals surface area contributed by atoms with Crippen molar-refractivity contribution in [2.75, 3.05) is 18.5 Å². The average Bonchev–Trinajstić information content (AvgIpc) is 2.45. The third-order valence-corrected chi connectivity index (χ3v) is 3.58. The number of hydrogen-bond donors (Lipinski definition) is 2. The van der Waals surface area contributed by atoms with Crippen molar-refractivity contribution in [2.24, 2.45) is 0 Å². The molecule has 3 nitrogen and oxygen atoms in total. The summed E-state index contributed by atoms with van der Waals surface area (Å²) in [5, 5.41) is 13.7. The number of anilines is 1. The molecule has 2 aromatic rings. The van der Waals surface area contributed by atoms with Crippen LogP contribution in [0.4, 0.5) is 5.69 Å². The van der Waals surface area contributed by atoms with Gasteiger partial charge in [0, 0.05) is 20.8 Å². The Hall–Kier alpha value is -0.980. The van der Waals surface area contributed by atoms with E-state index in [4.69, 9.17) is 16.3 Å². The average molecular weight is 404 g/mol. The Labute approximate surface area is 137 Å². The minimum atomic E-state index is -0.590. The van der Waals surface area contributed by atoms with Crippen molar-refractivity contribution in [3.63, 3.8) is 0 Å². The van der Waals surface area contributed by atoms with E-state index in [1.807, 2.05) is 36.4 Å². The summed E-state index contributed by atoms with van der Waals surface area (Å²) in [7, 11) is 0. The SMILES string of the molecule is OC(CNc1ccc(I)cc1)COc1cccc(Cl)c1. The number of nitrogens with one attached hydrogen (secondary N) is 1. The second-order valence-electron chi connectivity index (χ2n) is 4.31. The van der Waals surface area contributed by atoms with E-state index in [-0.39, 0.29) is 6.61 Å². The van der Waals surface area contributed by atoms with Gasteiger partial charge in [-0.3, -0.25) is 0 Å². The van der Waals surface area contributed by atoms with E-state index >= 15 is 0 Å². The smallest absolute Gasteiger partial charge is 0.120 e. The van der Waals surface area contributed by atoms with E-state index in [1.54, 1.807) is 12.1 Å². The lowest BCUT2D eigenvalue weighted by molar-refractivity contribution is 0.117. The van der Waals surface area contributed by atoms with Crippen LogP contribution in [0.1, 0.15) is 0 Å². The number of aliphatic hydroxyl groups is 1. The van der Waals surface area contributed by atoms with E-state index < -0.39 is 6.10 Å². The standard InChI is InChI=1S/C15H15ClINO2/c16-11-2-1-3-15(8-11)20-10-14(19)9-18-13-6-4-12(17)5-7-13/h1-8,14,18-19H,9-10H2. The van der Waals surface area contributed by atoms with E-state index in [0.717, 1.165) is 5.69 Å². The molecule has 0 aromatic heterocycles. The van der Waals surface area contributed by atoms with Crippen molar-refractivity contribution in [1.29, 1.82) is 0 Å². The molecule has 0 aliphatic rings. The number of ether oxygens (including phenoxy) is 1. The maximum absolute atomic E-state index is 9.87. The first-order valence-corrected chi connectivity index (χ1v) is 7.65. The molecule has 0 radical (unpaired) electrons. The molecule has 20 heavy (non-hydrogen) atoms. The van der Waals surface area contributed by atoms with Gasteiger partial charge in [0.1, 0.15) is 18.5 Å². The number of benzene rings is 2. The fraction of sp³-hybridized carbons (Fsp3) is 0.200. The largest absolute Gasteiger partial charge is 0.491 e. The van der Waals surface area contributed by atoms with Crippen molar-refractivity contribution < 1.29 is 9.84 Å². The van der Waals surface area contributed by atoms with Crippen molar-refractivity contribution in [3.8, 4) is 5.75 Å². The summed E-state index contributed by atoms with van der Waals surface area (Å²) in [5.41, 5.74) is 0.979. The zero-order valence-corrected chi connectivity index (χ0v) is 13.6. The summed E-state index contributed by atoms with van der Waals surface area (Å²) in [4.78, 5) is 0. The maximum atomic E-state index is 9.87. The maximum Gasteiger partial charge on any atom is 0.120 e. The zero-order valence-electron chi connectivity index (χ0n) is 10.7. The highest BCUT2D eigenvalue weighted by molar-refractivity contribution is 14.1. The lowest BCUT2D eigenvalue weighted by Crippen LogP contribution is -2.26. The molecule has 0 saturated heterocycles. The molecular weight excluding hydrogens is 389 g/mol. The highest BCUT2D eigenvalue weighted by Crippen LogP contribution is 2.17. The van der Waals surface area contributed by atoms with Gasteiger partial charge in [0.25, 0.3) is 0 Å². The van der Waals surface area contributed by atoms with Gasteiger partial charge < -0.3 is 15.2 Å². The van der Waals surface area contributed by atoms with Gasteiger partial charge in [-0.05, 0) is 65.1 Å². The molecule has 0 fully saturated rings. The van der Waals surface area contributed by atoms with Crippen LogP contribution in [0.3, 0.4) is 0 Å². The Morgan fingerprint density at radius 3 is 2.65 bits per heavy atom. The van der Waals surface area contributed by atoms with Gasteiger partial charge in [-0.25, -0.2) is 0 Å². The third-order valence-electron chi connectivity index (χ3n) is 2.62. The van der Waals surface area contributed by atoms with Crippen LogP contribution in [0, 0.1) is 3.57 Å². The summed E-state index contributed by atoms with van der Waals surface area (Å²) in [6.45, 7) is 0.652. The van der Waals surface area contributed by atoms with Gasteiger partial charge in [0.2, 0.25) is 0 Å². The molecule has 5 heteroatoms. The van der Waals surface area contributed by atoms with Crippen molar-refractivity contribution in [3.05, 3.63) is 57.1 Å². The van der Waals surface area contributed by atoms with Gasteiger partial charge >= 0.3 is 0 Å². The second kappa shape index (κ2) is 7.71. The van der Waals surface area contributed by atoms with Crippen LogP contribution in [0.2, 0.25) is 5.02 Å². The predicted octanol–water partition coefficient (Wildman–Crippen LogP) is 3.80. The molecule has 0 spiro atoms. The predicted molar refractivity (Wildman–Crippen MR) is 90.6 cm³/mol. The molecule has 0 amide bonds. The van der Waals surface area contributed by atoms with Crippen LogP contribution in [-0.2, 0) is 0 Å². The third kappa shape index (κ3) is 5.19. The molecule has 1 unspecified atom stereocenters. The number of halogens is 2. The fourth-order valence-electron chi connectivity index (χ4n) is 1.61. The molecular formula is C15H15ClINO2. The number of rotatable bonds is 6. The van der Waals surface area contributed by atoms with Gasteiger partial charge in [0.05, 0.1) is 0 Å². The zero-order chi connectivity index (χ0) is 14.4. The van der Waals surface area contributed by atoms with Crippen LogP contribution in [0.25, 0.3) is 0 Å². The fourth-order valence-corrected chi connectivity index (χ4v) is 2.15. The summed E-state index contributed by atoms with van der Waals surface area (Å²) in [5.74, 6) is 0.658. The minimum absolute atomic E-state index is 0.220. The second-order valence-corrected chi connectivity index (χ2v) is 5.99. The van der Waals surface area contributed by atoms with Crippen LogP contribution >= 0.6 is 34.2 Å². The molecule has 0 saturated carbocycles. The summed E-state index contributed by atoms with van der Waals surface area (Å²) < 4.78 is 6.66. The van der Waals surface area contributed by atoms with Crippen LogP contribution in [0.15, 0.2) is 48.5 Å². The minimum Gasteiger partial charge on any atom is -0.491 e. The topological polar surface area (TPSA) is 41.5 Å². The number of aliphatic hydroxyl groups excluding tert-OH is 1. The monoisotopic (exact) mass is 403 g/mol. The number of hydrogen-bond acceptors (Lipinski definition) is 3. The van der Waals surface area contributed by atoms with Crippen molar-refractivity contribution >= 4 is 39.9 Å². The normalized spacial score (nSPS) is 11.9. The van der Waals surface area contributed by atoms with Crippen molar-refractivity contribution in [1.82, 2.24) is 0 Å². The van der Waals surface area contributed by atoms with E-state index in [0.29, 0.717) is 17.3 Å². The highest BCUT2D eigenvalue weighted by atomic mass is 127. The first-order valence-electron chi connectivity index (χ1n) is 6.19. The first-order chi connectivity index (χ1) is 9.63. The Bertz CT molecular complexity index is 548. The Morgan fingerprint density at radius 2 is 1.95 bits per heavy atom. The molecule has 106 valence electrons. The van der Waals surface area contributed by atoms with E-state index in [2.05, 4.69) is 27.9 Å². The van der Waals surface area contributed by atoms with Gasteiger partial charge in [-0.2, -0.15) is 0 Å². The molecule has 2 rings (SSSR count). The van der Waals surface area contributed by atoms with E-state index in [9.17, 15) is 5.11 Å². The van der Waals surface area contributed by atoms with Gasteiger partial charge in [-0.1, -0.05) is 17.7 Å². The molecule has 0 aliphatic heterocycles. The summed E-state index contributed by atoms with van der Waals surface area (Å²) in [6.07, 6.45) is -0.590. The molecule has 0 heterocycles. The van der Waals surface area contributed by atoms with Crippen molar-refractivity contribution in [2.45, 2.75) is 6.10 Å². The van der Waals surface area contributed by atoms with Crippen LogP contribution < -0.4 is 10.1 Å². The summed E-state index contributed by atoms with van der Waals surface area (Å²) in [6, 6.07) is 15.1. The Morgan fingerprint density at radius 1 is 1.20 bits per heavy atom. The van der Waals surface area contributed by atoms with Gasteiger partial charge in [0.15, 0.2) is 0 Å². The van der Waals surface area contributed by atoms with Crippen LogP contribution in [-0.4, -0.2) is 24.4 Å². The quantitative estimate of drug-likeness (QED) is 0.721. The Balaban J connectivity index is 1.75. The molecule has 1 atom stereocenters. The summed E-state index contributed by atoms with van der Waals surface area (Å²) >= 11 is 8.11. The molecule has 2 aromatic carbocycles. The van der Waals surface area contributed by atoms with Gasteiger partial charge in [-0.15, -0.1) is 0 Å². The Kier molecular flexibility index (Phi) is 5.94. The van der Waals surface area contributed by atoms with E-state index in [1.165, 1.54) is 3.57 Å². The first kappa shape index (κ1) is 15.4. The molecule has 2 N–H and O–H groups in total. The molecule has 0 bridgehead atoms. The molecule has 0 aliphatic carbocycles. The van der Waals surface area contributed by atoms with Crippen LogP contribution in [0.5, 0.6) is 5.75 Å². The highest BCUT2D eigenvalue weighted by Gasteiger charge is 2.05. The lowest BCUT2D eigenvalue weighted by Gasteiger charge is -2.14.